The van der Waals surface area contributed by atoms with Gasteiger partial charge in [-0.05, 0) is 12.1 Å². The second-order valence-electron chi connectivity index (χ2n) is 4.40. The molecule has 0 saturated carbocycles. The van der Waals surface area contributed by atoms with Crippen LogP contribution < -0.4 is 9.46 Å². The minimum Gasteiger partial charge on any atom is -0.693 e. The summed E-state index contributed by atoms with van der Waals surface area (Å²) in [5, 5.41) is 0. The molecule has 0 fully saturated rings. The normalized spacial score (nSPS) is 10.2. The molecule has 29 heavy (non-hydrogen) atoms. The van der Waals surface area contributed by atoms with Crippen molar-refractivity contribution >= 4 is 34.5 Å². The molecule has 0 aliphatic heterocycles. The number of rotatable bonds is 4. The van der Waals surface area contributed by atoms with Gasteiger partial charge in [0.2, 0.25) is 5.82 Å². The largest absolute Gasteiger partial charge is 0.693 e. The van der Waals surface area contributed by atoms with Gasteiger partial charge in [0.05, 0.1) is 12.8 Å². The number of hydrogen-bond donors (Lipinski definition) is 1. The van der Waals surface area contributed by atoms with Crippen molar-refractivity contribution in [2.45, 2.75) is 4.90 Å². The second kappa shape index (κ2) is 12.5. The number of halogens is 8. The van der Waals surface area contributed by atoms with Crippen molar-refractivity contribution in [1.82, 2.24) is 0 Å². The third-order valence-corrected chi connectivity index (χ3v) is 4.24. The Labute approximate surface area is 178 Å². The predicted molar refractivity (Wildman–Crippen MR) is 92.3 cm³/mol. The monoisotopic (exact) mass is 668 g/mol. The summed E-state index contributed by atoms with van der Waals surface area (Å²) in [7, 11) is 5.66. The number of anilines is 1. The van der Waals surface area contributed by atoms with E-state index >= 15 is 0 Å². The Hall–Kier alpha value is -1.24. The Morgan fingerprint density at radius 1 is 0.897 bits per heavy atom. The van der Waals surface area contributed by atoms with Gasteiger partial charge in [-0.2, -0.15) is 0 Å². The molecule has 5 N–H and O–H groups in total. The number of hydrogen-bond acceptors (Lipinski definition) is 3. The molecule has 0 bridgehead atoms. The summed E-state index contributed by atoms with van der Waals surface area (Å²) in [6.45, 7) is 0. The number of nitrogens with one attached hydrogen (secondary N) is 1. The minimum atomic E-state index is -5.23. The van der Waals surface area contributed by atoms with Gasteiger partial charge in [0.1, 0.15) is 0 Å². The zero-order chi connectivity index (χ0) is 20.9. The Kier molecular flexibility index (Phi) is 12.9. The molecule has 168 valence electrons. The van der Waals surface area contributed by atoms with Crippen molar-refractivity contribution in [1.29, 1.82) is 0 Å². The zero-order valence-corrected chi connectivity index (χ0v) is 18.5. The molecule has 0 spiro atoms. The van der Waals surface area contributed by atoms with Gasteiger partial charge in [0, 0.05) is 6.07 Å². The molecule has 0 amide bonds. The van der Waals surface area contributed by atoms with E-state index < -0.39 is 72.0 Å². The van der Waals surface area contributed by atoms with Crippen molar-refractivity contribution in [3.05, 3.63) is 65.4 Å². The van der Waals surface area contributed by atoms with E-state index in [9.17, 15) is 34.8 Å². The second-order valence-corrected chi connectivity index (χ2v) is 9.30. The van der Waals surface area contributed by atoms with Crippen LogP contribution >= 0.6 is 18.8 Å². The third kappa shape index (κ3) is 6.90. The molecule has 16 heteroatoms. The first kappa shape index (κ1) is 30.0. The summed E-state index contributed by atoms with van der Waals surface area (Å²) in [4.78, 5) is -2.07. The molecule has 0 aromatic heterocycles. The van der Waals surface area contributed by atoms with E-state index in [0.717, 1.165) is 19.2 Å². The zero-order valence-electron chi connectivity index (χ0n) is 13.9. The quantitative estimate of drug-likeness (QED) is 0.239. The first-order valence-corrected chi connectivity index (χ1v) is 13.3. The predicted octanol–water partition coefficient (Wildman–Crippen LogP) is 6.14. The van der Waals surface area contributed by atoms with Crippen LogP contribution in [0.25, 0.3) is 12.3 Å². The molecule has 0 aliphatic carbocycles. The van der Waals surface area contributed by atoms with Crippen molar-refractivity contribution < 1.29 is 56.0 Å². The molecule has 0 heterocycles. The van der Waals surface area contributed by atoms with Crippen molar-refractivity contribution in [2.75, 3.05) is 11.8 Å². The maximum absolute atomic E-state index is 13.6. The summed E-state index contributed by atoms with van der Waals surface area (Å²) >= 11 is -0.472. The van der Waals surface area contributed by atoms with E-state index in [1.165, 1.54) is 4.72 Å². The van der Waals surface area contributed by atoms with Gasteiger partial charge in [-0.1, -0.05) is 0 Å². The summed E-state index contributed by atoms with van der Waals surface area (Å²) in [6.07, 6.45) is 0. The van der Waals surface area contributed by atoms with Crippen LogP contribution in [-0.2, 0) is 26.5 Å². The molecule has 2 rings (SSSR count). The SMILES string of the molecule is COc1ccc(NS(=O)(=O)c2c(F)c(F)c(F)c(F)c2F)cc1F.[Cl][Pt+2][Cl].[NH2-].[NH2-]. The van der Waals surface area contributed by atoms with Crippen LogP contribution in [0.5, 0.6) is 5.75 Å². The van der Waals surface area contributed by atoms with Gasteiger partial charge in [0.15, 0.2) is 39.7 Å². The number of sulfonamides is 1. The average Bonchev–Trinajstić information content (AvgIpc) is 2.58. The first-order valence-electron chi connectivity index (χ1n) is 6.21. The fourth-order valence-corrected chi connectivity index (χ4v) is 2.95. The van der Waals surface area contributed by atoms with Gasteiger partial charge in [-0.3, -0.25) is 4.72 Å². The first-order chi connectivity index (χ1) is 12.5. The van der Waals surface area contributed by atoms with Crippen molar-refractivity contribution in [3.63, 3.8) is 0 Å². The molecule has 0 unspecified atom stereocenters. The molecular formula is C13H11Cl2F6N3O3PtS. The van der Waals surface area contributed by atoms with E-state index in [0.29, 0.717) is 6.07 Å². The molecule has 2 aromatic rings. The summed E-state index contributed by atoms with van der Waals surface area (Å²) in [6, 6.07) is 2.56. The van der Waals surface area contributed by atoms with E-state index in [1.54, 1.807) is 0 Å². The maximum Gasteiger partial charge on any atom is -0.693 e. The summed E-state index contributed by atoms with van der Waals surface area (Å²) < 4.78 is 110. The maximum atomic E-state index is 13.6. The van der Waals surface area contributed by atoms with Crippen LogP contribution in [0.1, 0.15) is 0 Å². The summed E-state index contributed by atoms with van der Waals surface area (Å²) in [5.41, 5.74) is -0.516. The molecule has 6 nitrogen and oxygen atoms in total. The van der Waals surface area contributed by atoms with Crippen molar-refractivity contribution in [2.24, 2.45) is 0 Å². The minimum absolute atomic E-state index is 0. The Morgan fingerprint density at radius 2 is 1.31 bits per heavy atom. The van der Waals surface area contributed by atoms with Crippen molar-refractivity contribution in [3.8, 4) is 5.75 Å². The molecule has 0 radical (unpaired) electrons. The van der Waals surface area contributed by atoms with Crippen LogP contribution in [0, 0.1) is 34.9 Å². The van der Waals surface area contributed by atoms with Gasteiger partial charge in [0.25, 0.3) is 10.0 Å². The van der Waals surface area contributed by atoms with Crippen LogP contribution in [-0.4, -0.2) is 15.5 Å². The Morgan fingerprint density at radius 3 is 1.69 bits per heavy atom. The molecule has 0 saturated heterocycles. The molecule has 0 aliphatic rings. The number of ether oxygens (including phenoxy) is 1. The third-order valence-electron chi connectivity index (χ3n) is 2.84. The van der Waals surface area contributed by atoms with E-state index in [4.69, 9.17) is 18.8 Å². The summed E-state index contributed by atoms with van der Waals surface area (Å²) in [5.74, 6) is -13.7. The van der Waals surface area contributed by atoms with Gasteiger partial charge in [-0.15, -0.1) is 0 Å². The number of benzene rings is 2. The Bertz CT molecular complexity index is 927. The molecule has 2 aromatic carbocycles. The van der Waals surface area contributed by atoms with Gasteiger partial charge >= 0.3 is 35.3 Å². The smallest absolute Gasteiger partial charge is 0.693 e. The molecule has 0 atom stereocenters. The van der Waals surface area contributed by atoms with E-state index in [2.05, 4.69) is 4.74 Å². The average molecular weight is 669 g/mol. The number of methoxy groups -OCH3 is 1. The van der Waals surface area contributed by atoms with Crippen LogP contribution in [0.2, 0.25) is 0 Å². The van der Waals surface area contributed by atoms with Gasteiger partial charge in [-0.25, -0.2) is 34.8 Å². The Balaban J connectivity index is 0. The molecular weight excluding hydrogens is 658 g/mol. The van der Waals surface area contributed by atoms with Crippen LogP contribution in [0.4, 0.5) is 32.0 Å². The standard InChI is InChI=1S/C13H7F6NO3S.2ClH.2H2N.Pt/c1-23-7-3-2-5(4-6(7)14)20-24(21,22)13-11(18)9(16)8(15)10(17)12(13)19;;;;;/h2-4,20H,1H3;2*1H;2*1H2;/q;;;2*-1;+4/p-2. The van der Waals surface area contributed by atoms with Crippen LogP contribution in [0.15, 0.2) is 23.1 Å². The fraction of sp³-hybridized carbons (Fsp3) is 0.0769. The van der Waals surface area contributed by atoms with E-state index in [-0.39, 0.29) is 18.1 Å². The fourth-order valence-electron chi connectivity index (χ4n) is 1.76. The van der Waals surface area contributed by atoms with Gasteiger partial charge < -0.3 is 17.0 Å². The topological polar surface area (TPSA) is 122 Å². The van der Waals surface area contributed by atoms with E-state index in [1.807, 2.05) is 0 Å². The van der Waals surface area contributed by atoms with Crippen LogP contribution in [0.3, 0.4) is 0 Å². The number of nitrogens with two attached hydrogens (primary N) is 2.